The van der Waals surface area contributed by atoms with Crippen molar-refractivity contribution >= 4 is 64.6 Å². The molecular weight excluding hydrogens is 1450 g/mol. The number of rotatable bonds is 9. The summed E-state index contributed by atoms with van der Waals surface area (Å²) in [6.45, 7) is 42.8. The first-order valence-electron chi connectivity index (χ1n) is 34.6. The van der Waals surface area contributed by atoms with Gasteiger partial charge in [-0.1, -0.05) is 54.6 Å². The summed E-state index contributed by atoms with van der Waals surface area (Å²) >= 11 is 5.91. The van der Waals surface area contributed by atoms with E-state index in [9.17, 15) is 23.2 Å². The molecule has 0 radical (unpaired) electrons. The fourth-order valence-electron chi connectivity index (χ4n) is 9.03. The number of nitrogens with two attached hydrogens (primary N) is 2. The number of halogens is 4. The standard InChI is InChI=1S/C18H17FN4.C12H12ClN3.C12H13N3O.C8H11N3.C8H8N2.C7H10NO.C7H9N.C6H6FN.C6H10O3.ClH/c1-11-4-5-12(2)20-17(11)18-21-13(3)10-16(23-18)22-15-8-6-14(19)7-9-15;1-7-4-5-8(2)14-11(7)12-15-9(3)6-10(13)16-12;1-7-4-5-8(2)13-11(7)12-14-9(3)6-10(16)15-12;1-5-3-4-6(2)11-7(5)8(9)10;1-6-4-5-7(2)10-8(6)9-3;1-6-3-4-7(2)8(9)5-6;1-6-3-4-7(2)8-5-6;7-5-1-3-6(8)4-2-5;1-3-9-6(8)4-5(2)7;/h4-10H,1-3H3,(H,21,22,23);4-6H,1-3H3;4-6H,1-3H3,(H,14,15,16);3-4H,1-2H3,(H3,9,10);4-5H,1-2H3;3-5,9H,1-2H3;3-5H,1-2H3;1-4H,8H2;3-4H2,1-2H3;1H/q;;;;;+1;;;;. The van der Waals surface area contributed by atoms with Crippen molar-refractivity contribution in [3.05, 3.63) is 304 Å². The van der Waals surface area contributed by atoms with E-state index in [1.54, 1.807) is 38.2 Å². The number of pyridine rings is 7. The number of carbonyl (C=O) groups excluding carboxylic acids is 2. The highest BCUT2D eigenvalue weighted by atomic mass is 35.5. The van der Waals surface area contributed by atoms with Crippen LogP contribution in [0.25, 0.3) is 39.4 Å². The second-order valence-electron chi connectivity index (χ2n) is 25.2. The molecule has 8 N–H and O–H groups in total. The number of benzene rings is 2. The first-order chi connectivity index (χ1) is 51.9. The van der Waals surface area contributed by atoms with Gasteiger partial charge in [-0.05, 0) is 248 Å². The largest absolute Gasteiger partial charge is 0.466 e. The number of hydrogen-bond acceptors (Lipinski definition) is 19. The number of nitrogens with zero attached hydrogens (tertiary/aromatic N) is 13. The molecule has 0 spiro atoms. The number of H-pyrrole nitrogens is 1. The van der Waals surface area contributed by atoms with E-state index in [1.807, 2.05) is 202 Å². The van der Waals surface area contributed by atoms with Gasteiger partial charge in [-0.25, -0.2) is 53.6 Å². The number of hydrogen-bond donors (Lipinski definition) is 6. The predicted molar refractivity (Wildman–Crippen MR) is 438 cm³/mol. The second-order valence-corrected chi connectivity index (χ2v) is 25.6. The summed E-state index contributed by atoms with van der Waals surface area (Å²) < 4.78 is 30.6. The van der Waals surface area contributed by atoms with Crippen LogP contribution in [0, 0.1) is 141 Å². The molecule has 2 aromatic carbocycles. The number of ketones is 1. The van der Waals surface area contributed by atoms with Crippen LogP contribution in [-0.4, -0.2) is 89.2 Å². The van der Waals surface area contributed by atoms with E-state index >= 15 is 0 Å². The Balaban J connectivity index is 0.000000331. The van der Waals surface area contributed by atoms with Gasteiger partial charge in [-0.2, -0.15) is 0 Å². The lowest BCUT2D eigenvalue weighted by atomic mass is 10.2. The molecule has 0 amide bonds. The number of Topliss-reactive ketones (excluding diaryl/α,β-unsaturated/α-hetero) is 1. The molecule has 0 fully saturated rings. The zero-order valence-electron chi connectivity index (χ0n) is 66.1. The van der Waals surface area contributed by atoms with Gasteiger partial charge in [0.05, 0.1) is 6.61 Å². The van der Waals surface area contributed by atoms with Gasteiger partial charge in [-0.3, -0.25) is 30.0 Å². The molecule has 0 aliphatic carbocycles. The van der Waals surface area contributed by atoms with Gasteiger partial charge in [0.2, 0.25) is 11.9 Å². The fourth-order valence-corrected chi connectivity index (χ4v) is 9.27. The van der Waals surface area contributed by atoms with Crippen LogP contribution in [0.1, 0.15) is 122 Å². The first kappa shape index (κ1) is 92.7. The van der Waals surface area contributed by atoms with Crippen LogP contribution >= 0.6 is 24.0 Å². The summed E-state index contributed by atoms with van der Waals surface area (Å²) in [4.78, 5) is 85.5. The molecule has 0 saturated carbocycles. The molecule has 27 heteroatoms. The van der Waals surface area contributed by atoms with E-state index in [2.05, 4.69) is 80.8 Å². The Kier molecular flexibility index (Phi) is 38.9. The Morgan fingerprint density at radius 2 is 1.02 bits per heavy atom. The Morgan fingerprint density at radius 1 is 0.559 bits per heavy atom. The minimum absolute atomic E-state index is 0. The molecule has 12 rings (SSSR count). The number of ether oxygens (including phenoxy) is 1. The van der Waals surface area contributed by atoms with Gasteiger partial charge in [0.15, 0.2) is 17.5 Å². The van der Waals surface area contributed by atoms with Crippen molar-refractivity contribution in [3.63, 3.8) is 0 Å². The van der Waals surface area contributed by atoms with Crippen molar-refractivity contribution in [2.24, 2.45) is 5.73 Å². The minimum atomic E-state index is -0.440. The summed E-state index contributed by atoms with van der Waals surface area (Å²) in [6, 6.07) is 44.3. The van der Waals surface area contributed by atoms with E-state index < -0.39 is 5.97 Å². The van der Waals surface area contributed by atoms with Crippen LogP contribution in [0.15, 0.2) is 169 Å². The van der Waals surface area contributed by atoms with Crippen LogP contribution in [0.5, 0.6) is 0 Å². The van der Waals surface area contributed by atoms with Crippen LogP contribution in [-0.2, 0) is 14.3 Å². The zero-order valence-corrected chi connectivity index (χ0v) is 67.7. The van der Waals surface area contributed by atoms with Crippen molar-refractivity contribution in [3.8, 4) is 34.6 Å². The van der Waals surface area contributed by atoms with E-state index in [0.29, 0.717) is 57.9 Å². The average Bonchev–Trinajstić information content (AvgIpc) is 0.837. The molecule has 0 aliphatic rings. The molecule has 12 aromatic rings. The van der Waals surface area contributed by atoms with Gasteiger partial charge in [0.1, 0.15) is 69.1 Å². The van der Waals surface area contributed by atoms with Crippen LogP contribution in [0.4, 0.5) is 31.8 Å². The summed E-state index contributed by atoms with van der Waals surface area (Å²) in [5.74, 6) is 1.79. The molecule has 10 heterocycles. The number of amidine groups is 1. The third-order valence-electron chi connectivity index (χ3n) is 14.7. The summed E-state index contributed by atoms with van der Waals surface area (Å²) in [5, 5.41) is 19.8. The summed E-state index contributed by atoms with van der Waals surface area (Å²) in [7, 11) is 0. The fraction of sp³-hybridized carbons (Fsp3) is 0.250. The Morgan fingerprint density at radius 3 is 1.46 bits per heavy atom. The highest BCUT2D eigenvalue weighted by Crippen LogP contribution is 2.24. The predicted octanol–water partition coefficient (Wildman–Crippen LogP) is 17.3. The molecule has 111 heavy (non-hydrogen) atoms. The maximum Gasteiger partial charge on any atom is 0.313 e. The quantitative estimate of drug-likeness (QED) is 0.00900. The minimum Gasteiger partial charge on any atom is -0.466 e. The van der Waals surface area contributed by atoms with Gasteiger partial charge < -0.3 is 31.3 Å². The molecule has 0 bridgehead atoms. The third kappa shape index (κ3) is 34.5. The number of anilines is 3. The zero-order chi connectivity index (χ0) is 81.9. The van der Waals surface area contributed by atoms with Gasteiger partial charge >= 0.3 is 5.97 Å². The van der Waals surface area contributed by atoms with Crippen molar-refractivity contribution in [2.75, 3.05) is 17.7 Å². The molecular formula is C84H97Cl2F2N18O5+. The molecule has 0 unspecified atom stereocenters. The first-order valence-corrected chi connectivity index (χ1v) is 35.0. The maximum absolute atomic E-state index is 13.0. The number of nitrogen functional groups attached to an aromatic ring is 2. The molecule has 10 aromatic heterocycles. The van der Waals surface area contributed by atoms with Crippen molar-refractivity contribution < 1.29 is 33.0 Å². The van der Waals surface area contributed by atoms with Gasteiger partial charge in [0.25, 0.3) is 11.4 Å². The van der Waals surface area contributed by atoms with Gasteiger partial charge in [0, 0.05) is 105 Å². The normalized spacial score (nSPS) is 9.77. The molecule has 0 atom stereocenters. The van der Waals surface area contributed by atoms with Crippen molar-refractivity contribution in [1.82, 2.24) is 59.8 Å². The number of aromatic amines is 1. The molecule has 23 nitrogen and oxygen atoms in total. The lowest BCUT2D eigenvalue weighted by Crippen LogP contribution is -2.33. The van der Waals surface area contributed by atoms with Crippen LogP contribution in [0.2, 0.25) is 5.15 Å². The monoisotopic (exact) mass is 1550 g/mol. The number of nitrogens with one attached hydrogen (secondary N) is 3. The Bertz CT molecular complexity index is 5060. The average molecular weight is 1550 g/mol. The number of aryl methyl sites for hydroxylation is 17. The highest BCUT2D eigenvalue weighted by molar-refractivity contribution is 6.29. The number of carbonyl (C=O) groups is 2. The lowest BCUT2D eigenvalue weighted by molar-refractivity contribution is -0.909. The van der Waals surface area contributed by atoms with Gasteiger partial charge in [-0.15, -0.1) is 17.4 Å². The van der Waals surface area contributed by atoms with Crippen LogP contribution < -0.4 is 27.1 Å². The van der Waals surface area contributed by atoms with E-state index in [1.165, 1.54) is 55.0 Å². The lowest BCUT2D eigenvalue weighted by Gasteiger charge is -2.10. The third-order valence-corrected chi connectivity index (χ3v) is 14.9. The SMILES string of the molecule is CCOC(=O)CC(C)=O.Cc1cc(=O)[nH]c(-c2nc(C)ccc2C)n1.Cc1cc(Cl)nc(-c2nc(C)ccc2C)n1.Cc1cc(Nc2ccc(F)cc2)nc(-c2nc(C)ccc2C)n1.Cc1ccc(C)[n+](O)c1.Cc1ccc(C)c(C(=N)N)n1.Cc1ccc(C)nc1.Cl.Nc1ccc(F)cc1.[C-]#[N+]c1nc(C)ccc1C. The summed E-state index contributed by atoms with van der Waals surface area (Å²) in [6.07, 6.45) is 3.44. The molecule has 0 saturated heterocycles. The van der Waals surface area contributed by atoms with Crippen molar-refractivity contribution in [1.29, 1.82) is 5.41 Å². The topological polar surface area (TPSA) is 334 Å². The van der Waals surface area contributed by atoms with Crippen molar-refractivity contribution in [2.45, 2.75) is 138 Å². The Hall–Kier alpha value is -12.5. The maximum atomic E-state index is 13.0. The molecule has 0 aliphatic heterocycles. The molecule has 580 valence electrons. The van der Waals surface area contributed by atoms with E-state index in [4.69, 9.17) is 40.3 Å². The van der Waals surface area contributed by atoms with E-state index in [0.717, 1.165) is 112 Å². The summed E-state index contributed by atoms with van der Waals surface area (Å²) in [5.41, 5.74) is 30.8. The number of aromatic nitrogens is 13. The Labute approximate surface area is 659 Å². The number of esters is 1. The highest BCUT2D eigenvalue weighted by Gasteiger charge is 2.13. The van der Waals surface area contributed by atoms with Crippen LogP contribution in [0.3, 0.4) is 0 Å². The smallest absolute Gasteiger partial charge is 0.313 e. The second kappa shape index (κ2) is 46.6. The van der Waals surface area contributed by atoms with E-state index in [-0.39, 0.29) is 47.6 Å².